The maximum absolute atomic E-state index is 7.04. The van der Waals surface area contributed by atoms with Crippen molar-refractivity contribution >= 4 is 8.07 Å². The van der Waals surface area contributed by atoms with Crippen LogP contribution in [0.25, 0.3) is 0 Å². The second-order valence-corrected chi connectivity index (χ2v) is 21.6. The standard InChI is InChI=1S/C37H56OSi/c1-39(2,3)32-11-6-10-29(23-32)31-20-21-36-35(24-31)34-13-7-12-33(37(34)38-36)27-17-14-26(15-18-27)30-19-16-25-8-4-5-9-28(25)22-30/h7,13-14,17,29-37H,4-6,8-12,15-16,18-24H2,1-3H3. The van der Waals surface area contributed by atoms with Crippen LogP contribution in [0.5, 0.6) is 0 Å². The van der Waals surface area contributed by atoms with E-state index in [-0.39, 0.29) is 0 Å². The van der Waals surface area contributed by atoms with Crippen molar-refractivity contribution in [3.8, 4) is 0 Å². The highest BCUT2D eigenvalue weighted by atomic mass is 28.3. The molecule has 0 aromatic carbocycles. The summed E-state index contributed by atoms with van der Waals surface area (Å²) in [4.78, 5) is 0. The lowest BCUT2D eigenvalue weighted by atomic mass is 9.65. The van der Waals surface area contributed by atoms with E-state index in [1.807, 2.05) is 11.1 Å². The Morgan fingerprint density at radius 3 is 2.36 bits per heavy atom. The van der Waals surface area contributed by atoms with Gasteiger partial charge in [-0.1, -0.05) is 85.5 Å². The van der Waals surface area contributed by atoms with E-state index in [2.05, 4.69) is 43.9 Å². The van der Waals surface area contributed by atoms with Gasteiger partial charge in [0.2, 0.25) is 0 Å². The molecule has 2 heteroatoms. The monoisotopic (exact) mass is 544 g/mol. The van der Waals surface area contributed by atoms with Crippen LogP contribution in [0.3, 0.4) is 0 Å². The van der Waals surface area contributed by atoms with Gasteiger partial charge in [0.1, 0.15) is 0 Å². The number of hydrogen-bond acceptors (Lipinski definition) is 1. The Bertz CT molecular complexity index is 1040. The second-order valence-electron chi connectivity index (χ2n) is 16.1. The fraction of sp³-hybridized carbons (Fsp3) is 0.784. The minimum atomic E-state index is -1.02. The Morgan fingerprint density at radius 1 is 0.744 bits per heavy atom. The lowest BCUT2D eigenvalue weighted by Crippen LogP contribution is -2.37. The zero-order valence-corrected chi connectivity index (χ0v) is 26.4. The molecule has 9 atom stereocenters. The van der Waals surface area contributed by atoms with Gasteiger partial charge in [-0.05, 0) is 119 Å². The quantitative estimate of drug-likeness (QED) is 0.253. The Labute approximate surface area is 241 Å². The summed E-state index contributed by atoms with van der Waals surface area (Å²) in [5.41, 5.74) is 8.26. The van der Waals surface area contributed by atoms with Crippen molar-refractivity contribution in [2.45, 2.75) is 147 Å². The van der Waals surface area contributed by atoms with Gasteiger partial charge in [0.05, 0.1) is 12.2 Å². The van der Waals surface area contributed by atoms with Crippen molar-refractivity contribution in [2.75, 3.05) is 0 Å². The largest absolute Gasteiger partial charge is 0.373 e. The molecule has 0 bridgehead atoms. The van der Waals surface area contributed by atoms with Gasteiger partial charge in [0.25, 0.3) is 0 Å². The first-order valence-corrected chi connectivity index (χ1v) is 20.9. The second kappa shape index (κ2) is 11.1. The molecule has 0 amide bonds. The molecule has 2 saturated carbocycles. The highest BCUT2D eigenvalue weighted by Gasteiger charge is 2.51. The smallest absolute Gasteiger partial charge is 0.0713 e. The van der Waals surface area contributed by atoms with Crippen LogP contribution in [0.15, 0.2) is 46.6 Å². The molecule has 9 unspecified atom stereocenters. The molecule has 1 heterocycles. The van der Waals surface area contributed by atoms with Gasteiger partial charge in [-0.2, -0.15) is 0 Å². The molecule has 3 fully saturated rings. The molecule has 7 aliphatic rings. The van der Waals surface area contributed by atoms with E-state index in [1.54, 1.807) is 17.6 Å². The molecular formula is C37H56OSi. The molecule has 6 aliphatic carbocycles. The number of ether oxygens (including phenoxy) is 1. The first-order valence-electron chi connectivity index (χ1n) is 17.4. The van der Waals surface area contributed by atoms with Gasteiger partial charge in [0.15, 0.2) is 0 Å². The molecule has 1 nitrogen and oxygen atoms in total. The van der Waals surface area contributed by atoms with Crippen molar-refractivity contribution in [3.63, 3.8) is 0 Å². The summed E-state index contributed by atoms with van der Waals surface area (Å²) in [7, 11) is -1.02. The van der Waals surface area contributed by atoms with Crippen molar-refractivity contribution in [3.05, 3.63) is 46.6 Å². The minimum absolute atomic E-state index is 0.454. The van der Waals surface area contributed by atoms with Crippen molar-refractivity contribution in [1.29, 1.82) is 0 Å². The minimum Gasteiger partial charge on any atom is -0.373 e. The lowest BCUT2D eigenvalue weighted by molar-refractivity contribution is -0.0160. The van der Waals surface area contributed by atoms with Crippen LogP contribution in [-0.2, 0) is 4.74 Å². The topological polar surface area (TPSA) is 9.23 Å². The third-order valence-electron chi connectivity index (χ3n) is 13.0. The highest BCUT2D eigenvalue weighted by molar-refractivity contribution is 6.77. The number of allylic oxidation sites excluding steroid dienone is 6. The van der Waals surface area contributed by atoms with Gasteiger partial charge in [-0.25, -0.2) is 0 Å². The van der Waals surface area contributed by atoms with E-state index in [9.17, 15) is 0 Å². The number of fused-ring (bicyclic) bond motifs is 3. The zero-order chi connectivity index (χ0) is 26.6. The Balaban J connectivity index is 1.01. The Morgan fingerprint density at radius 2 is 1.54 bits per heavy atom. The molecule has 7 rings (SSSR count). The molecule has 0 aromatic rings. The van der Waals surface area contributed by atoms with E-state index >= 15 is 0 Å². The van der Waals surface area contributed by atoms with Crippen LogP contribution in [0.4, 0.5) is 0 Å². The van der Waals surface area contributed by atoms with Crippen LogP contribution in [0.1, 0.15) is 109 Å². The van der Waals surface area contributed by atoms with Gasteiger partial charge in [-0.15, -0.1) is 0 Å². The van der Waals surface area contributed by atoms with Gasteiger partial charge in [-0.3, -0.25) is 0 Å². The summed E-state index contributed by atoms with van der Waals surface area (Å²) in [6.07, 6.45) is 35.3. The third kappa shape index (κ3) is 5.40. The zero-order valence-electron chi connectivity index (χ0n) is 25.4. The summed E-state index contributed by atoms with van der Waals surface area (Å²) < 4.78 is 7.04. The molecular weight excluding hydrogens is 488 g/mol. The van der Waals surface area contributed by atoms with Crippen LogP contribution < -0.4 is 0 Å². The van der Waals surface area contributed by atoms with E-state index in [0.717, 1.165) is 29.2 Å². The lowest BCUT2D eigenvalue weighted by Gasteiger charge is -2.43. The van der Waals surface area contributed by atoms with E-state index in [1.165, 1.54) is 103 Å². The van der Waals surface area contributed by atoms with Crippen molar-refractivity contribution in [1.82, 2.24) is 0 Å². The van der Waals surface area contributed by atoms with Crippen LogP contribution >= 0.6 is 0 Å². The van der Waals surface area contributed by atoms with E-state index in [4.69, 9.17) is 4.74 Å². The summed E-state index contributed by atoms with van der Waals surface area (Å²) in [5.74, 6) is 4.90. The van der Waals surface area contributed by atoms with Crippen LogP contribution in [0, 0.1) is 35.5 Å². The third-order valence-corrected chi connectivity index (χ3v) is 16.0. The van der Waals surface area contributed by atoms with Gasteiger partial charge >= 0.3 is 0 Å². The molecule has 39 heavy (non-hydrogen) atoms. The Hall–Kier alpha value is -0.863. The predicted octanol–water partition coefficient (Wildman–Crippen LogP) is 10.6. The normalized spacial score (nSPS) is 42.8. The molecule has 0 radical (unpaired) electrons. The summed E-state index contributed by atoms with van der Waals surface area (Å²) in [6.45, 7) is 7.87. The van der Waals surface area contributed by atoms with Gasteiger partial charge < -0.3 is 4.74 Å². The number of rotatable bonds is 4. The maximum Gasteiger partial charge on any atom is 0.0713 e. The summed E-state index contributed by atoms with van der Waals surface area (Å²) in [6, 6.07) is 0. The summed E-state index contributed by atoms with van der Waals surface area (Å²) in [5, 5.41) is 0. The average molecular weight is 545 g/mol. The Kier molecular flexibility index (Phi) is 7.68. The van der Waals surface area contributed by atoms with Crippen molar-refractivity contribution < 1.29 is 4.74 Å². The molecule has 214 valence electrons. The first kappa shape index (κ1) is 27.0. The fourth-order valence-corrected chi connectivity index (χ4v) is 12.7. The number of hydrogen-bond donors (Lipinski definition) is 0. The van der Waals surface area contributed by atoms with E-state index in [0.29, 0.717) is 24.0 Å². The molecule has 0 aromatic heterocycles. The molecule has 1 aliphatic heterocycles. The predicted molar refractivity (Wildman–Crippen MR) is 168 cm³/mol. The highest BCUT2D eigenvalue weighted by Crippen LogP contribution is 2.54. The first-order chi connectivity index (χ1) is 18.9. The molecule has 0 spiro atoms. The average Bonchev–Trinajstić information content (AvgIpc) is 3.35. The van der Waals surface area contributed by atoms with Crippen LogP contribution in [-0.4, -0.2) is 20.3 Å². The fourth-order valence-electron chi connectivity index (χ4n) is 10.6. The van der Waals surface area contributed by atoms with Crippen LogP contribution in [0.2, 0.25) is 25.2 Å². The van der Waals surface area contributed by atoms with Crippen molar-refractivity contribution in [2.24, 2.45) is 35.5 Å². The SMILES string of the molecule is C[Si](C)(C)C1CCCC(C2CCC3OC4C(C5=CC=C(C6CCC7=C(CCCC7)C6)CC5)CC=CC4C3C2)C1. The molecule has 1 saturated heterocycles. The molecule has 0 N–H and O–H groups in total. The van der Waals surface area contributed by atoms with Gasteiger partial charge in [0, 0.05) is 19.9 Å². The van der Waals surface area contributed by atoms with E-state index < -0.39 is 8.07 Å². The summed E-state index contributed by atoms with van der Waals surface area (Å²) >= 11 is 0. The maximum atomic E-state index is 7.04.